The number of imide groups is 2. The average molecular weight is 444 g/mol. The third kappa shape index (κ3) is 4.36. The van der Waals surface area contributed by atoms with Gasteiger partial charge in [-0.05, 0) is 31.6 Å². The molecule has 1 N–H and O–H groups in total. The van der Waals surface area contributed by atoms with E-state index in [1.54, 1.807) is 25.2 Å². The zero-order valence-corrected chi connectivity index (χ0v) is 18.6. The molecule has 0 aliphatic carbocycles. The van der Waals surface area contributed by atoms with Crippen LogP contribution in [0.15, 0.2) is 18.2 Å². The third-order valence-electron chi connectivity index (χ3n) is 5.84. The molecule has 2 aliphatic heterocycles. The molecule has 4 amide bonds. The maximum Gasteiger partial charge on any atom is 0.320 e. The first-order chi connectivity index (χ1) is 15.3. The van der Waals surface area contributed by atoms with Crippen LogP contribution in [-0.4, -0.2) is 90.2 Å². The summed E-state index contributed by atoms with van der Waals surface area (Å²) in [5.41, 5.74) is 0.949. The van der Waals surface area contributed by atoms with E-state index < -0.39 is 35.6 Å². The Hall–Kier alpha value is -3.27. The number of carbonyl (C=O) groups excluding carboxylic acids is 5. The summed E-state index contributed by atoms with van der Waals surface area (Å²) in [7, 11) is 1.64. The smallest absolute Gasteiger partial charge is 0.320 e. The number of amides is 4. The summed E-state index contributed by atoms with van der Waals surface area (Å²) in [6.07, 6.45) is 0.0758. The molecule has 10 nitrogen and oxygen atoms in total. The monoisotopic (exact) mass is 444 g/mol. The van der Waals surface area contributed by atoms with Crippen molar-refractivity contribution in [2.75, 3.05) is 45.2 Å². The molecule has 3 rings (SSSR count). The van der Waals surface area contributed by atoms with Crippen LogP contribution in [0, 0.1) is 0 Å². The number of esters is 1. The van der Waals surface area contributed by atoms with Gasteiger partial charge in [-0.3, -0.25) is 38.7 Å². The molecule has 0 spiro atoms. The lowest BCUT2D eigenvalue weighted by molar-refractivity contribution is -0.155. The van der Waals surface area contributed by atoms with Gasteiger partial charge in [0.1, 0.15) is 12.6 Å². The van der Waals surface area contributed by atoms with Gasteiger partial charge in [-0.25, -0.2) is 0 Å². The Balaban J connectivity index is 1.68. The van der Waals surface area contributed by atoms with Crippen LogP contribution in [0.3, 0.4) is 0 Å². The van der Waals surface area contributed by atoms with Crippen molar-refractivity contribution >= 4 is 35.3 Å². The summed E-state index contributed by atoms with van der Waals surface area (Å²) in [4.78, 5) is 67.1. The standard InChI is InChI=1S/C22H28N4O6/c1-4-24(5-2)13-18(28)32-12-11-25-17(27)10-9-16(21(25)30)26-20(29)14-7-6-8-15(23-3)19(14)22(26)31/h6-8,16,23H,4-5,9-13H2,1-3H3. The maximum absolute atomic E-state index is 13.1. The number of likely N-dealkylation sites (N-methyl/N-ethyl adjacent to an activating group) is 1. The summed E-state index contributed by atoms with van der Waals surface area (Å²) in [5, 5.41) is 2.89. The van der Waals surface area contributed by atoms with Crippen molar-refractivity contribution in [3.63, 3.8) is 0 Å². The molecule has 32 heavy (non-hydrogen) atoms. The molecule has 1 saturated heterocycles. The fourth-order valence-electron chi connectivity index (χ4n) is 4.02. The number of carbonyl (C=O) groups is 5. The SMILES string of the molecule is CCN(CC)CC(=O)OCCN1C(=O)CCC(N2C(=O)c3cccc(NC)c3C2=O)C1=O. The molecule has 0 radical (unpaired) electrons. The normalized spacial score (nSPS) is 18.4. The van der Waals surface area contributed by atoms with Crippen LogP contribution >= 0.6 is 0 Å². The van der Waals surface area contributed by atoms with Gasteiger partial charge >= 0.3 is 5.97 Å². The lowest BCUT2D eigenvalue weighted by atomic mass is 10.0. The molecule has 0 aromatic heterocycles. The Morgan fingerprint density at radius 2 is 1.88 bits per heavy atom. The Morgan fingerprint density at radius 3 is 2.53 bits per heavy atom. The number of fused-ring (bicyclic) bond motifs is 1. The summed E-state index contributed by atoms with van der Waals surface area (Å²) in [5.74, 6) is -2.61. The lowest BCUT2D eigenvalue weighted by Crippen LogP contribution is -2.56. The lowest BCUT2D eigenvalue weighted by Gasteiger charge is -2.34. The van der Waals surface area contributed by atoms with Gasteiger partial charge in [-0.15, -0.1) is 0 Å². The summed E-state index contributed by atoms with van der Waals surface area (Å²) in [6.45, 7) is 5.12. The number of piperidine rings is 1. The van der Waals surface area contributed by atoms with Crippen molar-refractivity contribution in [3.05, 3.63) is 29.3 Å². The topological polar surface area (TPSA) is 116 Å². The van der Waals surface area contributed by atoms with Gasteiger partial charge in [-0.2, -0.15) is 0 Å². The Labute approximate surface area is 186 Å². The number of benzene rings is 1. The number of ether oxygens (including phenoxy) is 1. The number of hydrogen-bond acceptors (Lipinski definition) is 8. The van der Waals surface area contributed by atoms with Crippen LogP contribution < -0.4 is 5.32 Å². The Morgan fingerprint density at radius 1 is 1.16 bits per heavy atom. The average Bonchev–Trinajstić information content (AvgIpc) is 3.04. The molecule has 10 heteroatoms. The second-order valence-corrected chi connectivity index (χ2v) is 7.58. The van der Waals surface area contributed by atoms with Gasteiger partial charge in [0.05, 0.1) is 24.2 Å². The fourth-order valence-corrected chi connectivity index (χ4v) is 4.02. The molecular formula is C22H28N4O6. The predicted molar refractivity (Wildman–Crippen MR) is 115 cm³/mol. The number of nitrogens with one attached hydrogen (secondary N) is 1. The largest absolute Gasteiger partial charge is 0.463 e. The van der Waals surface area contributed by atoms with E-state index in [0.717, 1.165) is 9.80 Å². The molecule has 0 saturated carbocycles. The molecule has 172 valence electrons. The van der Waals surface area contributed by atoms with Crippen LogP contribution in [0.25, 0.3) is 0 Å². The van der Waals surface area contributed by atoms with E-state index in [2.05, 4.69) is 5.32 Å². The first kappa shape index (κ1) is 23.4. The molecule has 1 atom stereocenters. The predicted octanol–water partition coefficient (Wildman–Crippen LogP) is 0.727. The van der Waals surface area contributed by atoms with Crippen molar-refractivity contribution in [2.24, 2.45) is 0 Å². The Kier molecular flexibility index (Phi) is 7.24. The molecule has 2 aliphatic rings. The van der Waals surface area contributed by atoms with Gasteiger partial charge in [-0.1, -0.05) is 19.9 Å². The molecule has 1 unspecified atom stereocenters. The van der Waals surface area contributed by atoms with E-state index >= 15 is 0 Å². The Bertz CT molecular complexity index is 942. The highest BCUT2D eigenvalue weighted by molar-refractivity contribution is 6.25. The molecule has 0 bridgehead atoms. The van der Waals surface area contributed by atoms with Crippen LogP contribution in [0.4, 0.5) is 5.69 Å². The van der Waals surface area contributed by atoms with Gasteiger partial charge in [0.25, 0.3) is 17.7 Å². The minimum absolute atomic E-state index is 0.0100. The van der Waals surface area contributed by atoms with Gasteiger partial charge < -0.3 is 10.1 Å². The van der Waals surface area contributed by atoms with Crippen LogP contribution in [0.5, 0.6) is 0 Å². The van der Waals surface area contributed by atoms with E-state index in [1.807, 2.05) is 18.7 Å². The second-order valence-electron chi connectivity index (χ2n) is 7.58. The molecular weight excluding hydrogens is 416 g/mol. The minimum atomic E-state index is -1.07. The molecule has 1 aromatic rings. The first-order valence-electron chi connectivity index (χ1n) is 10.7. The van der Waals surface area contributed by atoms with Crippen LogP contribution in [0.2, 0.25) is 0 Å². The van der Waals surface area contributed by atoms with Gasteiger partial charge in [0.15, 0.2) is 0 Å². The van der Waals surface area contributed by atoms with Crippen molar-refractivity contribution in [2.45, 2.75) is 32.7 Å². The number of hydrogen-bond donors (Lipinski definition) is 1. The zero-order valence-electron chi connectivity index (χ0n) is 18.6. The van der Waals surface area contributed by atoms with Crippen molar-refractivity contribution in [1.29, 1.82) is 0 Å². The molecule has 1 aromatic carbocycles. The summed E-state index contributed by atoms with van der Waals surface area (Å²) < 4.78 is 5.18. The highest BCUT2D eigenvalue weighted by Gasteiger charge is 2.47. The zero-order chi connectivity index (χ0) is 23.4. The van der Waals surface area contributed by atoms with Crippen molar-refractivity contribution in [3.8, 4) is 0 Å². The summed E-state index contributed by atoms with van der Waals surface area (Å²) in [6, 6.07) is 3.81. The minimum Gasteiger partial charge on any atom is -0.463 e. The number of rotatable bonds is 9. The van der Waals surface area contributed by atoms with Gasteiger partial charge in [0, 0.05) is 19.2 Å². The van der Waals surface area contributed by atoms with E-state index in [-0.39, 0.29) is 43.7 Å². The van der Waals surface area contributed by atoms with E-state index in [1.165, 1.54) is 0 Å². The number of anilines is 1. The molecule has 2 heterocycles. The fraction of sp³-hybridized carbons (Fsp3) is 0.500. The van der Waals surface area contributed by atoms with Crippen LogP contribution in [-0.2, 0) is 19.1 Å². The third-order valence-corrected chi connectivity index (χ3v) is 5.84. The summed E-state index contributed by atoms with van der Waals surface area (Å²) >= 11 is 0. The quantitative estimate of drug-likeness (QED) is 0.438. The second kappa shape index (κ2) is 9.90. The van der Waals surface area contributed by atoms with Crippen molar-refractivity contribution in [1.82, 2.24) is 14.7 Å². The van der Waals surface area contributed by atoms with Gasteiger partial charge in [0.2, 0.25) is 5.91 Å². The first-order valence-corrected chi connectivity index (χ1v) is 10.7. The number of likely N-dealkylation sites (tertiary alicyclic amines) is 1. The highest BCUT2D eigenvalue weighted by Crippen LogP contribution is 2.33. The van der Waals surface area contributed by atoms with Crippen LogP contribution in [0.1, 0.15) is 47.4 Å². The van der Waals surface area contributed by atoms with E-state index in [4.69, 9.17) is 4.74 Å². The highest BCUT2D eigenvalue weighted by atomic mass is 16.5. The maximum atomic E-state index is 13.1. The molecule has 1 fully saturated rings. The number of nitrogens with zero attached hydrogens (tertiary/aromatic N) is 3. The van der Waals surface area contributed by atoms with E-state index in [0.29, 0.717) is 18.8 Å². The van der Waals surface area contributed by atoms with E-state index in [9.17, 15) is 24.0 Å². The van der Waals surface area contributed by atoms with Crippen molar-refractivity contribution < 1.29 is 28.7 Å².